The lowest BCUT2D eigenvalue weighted by molar-refractivity contribution is 0.00578. The van der Waals surface area contributed by atoms with Crippen molar-refractivity contribution in [2.24, 2.45) is 0 Å². The van der Waals surface area contributed by atoms with Crippen LogP contribution in [-0.2, 0) is 15.9 Å². The molecule has 0 atom stereocenters. The highest BCUT2D eigenvalue weighted by atomic mass is 19.1. The molecule has 2 aromatic rings. The Bertz CT molecular complexity index is 757. The van der Waals surface area contributed by atoms with Crippen molar-refractivity contribution in [3.63, 3.8) is 0 Å². The number of aryl methyl sites for hydroxylation is 1. The second kappa shape index (κ2) is 6.47. The summed E-state index contributed by atoms with van der Waals surface area (Å²) in [5.41, 5.74) is 1.82. The van der Waals surface area contributed by atoms with E-state index in [1.807, 2.05) is 52.0 Å². The van der Waals surface area contributed by atoms with Gasteiger partial charge in [0.25, 0.3) is 0 Å². The molecule has 0 saturated carbocycles. The third-order valence-electron chi connectivity index (χ3n) is 5.01. The van der Waals surface area contributed by atoms with E-state index in [2.05, 4.69) is 0 Å². The SMILES string of the molecule is Cc1cc(OCc2cccc(B3OC(C)(C)C(C)(C)O3)c2)ccc1F. The molecule has 132 valence electrons. The molecule has 3 rings (SSSR count). The molecule has 0 amide bonds. The predicted molar refractivity (Wildman–Crippen MR) is 97.6 cm³/mol. The van der Waals surface area contributed by atoms with Crippen molar-refractivity contribution in [3.05, 3.63) is 59.4 Å². The first kappa shape index (κ1) is 18.0. The second-order valence-electron chi connectivity index (χ2n) is 7.53. The van der Waals surface area contributed by atoms with Gasteiger partial charge in [0.05, 0.1) is 11.2 Å². The molecule has 0 unspecified atom stereocenters. The van der Waals surface area contributed by atoms with Crippen LogP contribution < -0.4 is 10.2 Å². The van der Waals surface area contributed by atoms with Crippen LogP contribution in [0.4, 0.5) is 4.39 Å². The maximum atomic E-state index is 13.3. The summed E-state index contributed by atoms with van der Waals surface area (Å²) in [5.74, 6) is 0.426. The number of benzene rings is 2. The molecule has 1 aliphatic heterocycles. The maximum Gasteiger partial charge on any atom is 0.494 e. The van der Waals surface area contributed by atoms with Crippen LogP contribution in [0.2, 0.25) is 0 Å². The normalized spacial score (nSPS) is 18.4. The minimum absolute atomic E-state index is 0.227. The molecule has 0 spiro atoms. The van der Waals surface area contributed by atoms with Gasteiger partial charge < -0.3 is 14.0 Å². The average Bonchev–Trinajstić information content (AvgIpc) is 2.77. The lowest BCUT2D eigenvalue weighted by atomic mass is 9.78. The van der Waals surface area contributed by atoms with Crippen LogP contribution >= 0.6 is 0 Å². The molecule has 0 radical (unpaired) electrons. The molecule has 5 heteroatoms. The summed E-state index contributed by atoms with van der Waals surface area (Å²) in [4.78, 5) is 0. The van der Waals surface area contributed by atoms with E-state index >= 15 is 0 Å². The zero-order chi connectivity index (χ0) is 18.2. The smallest absolute Gasteiger partial charge is 0.489 e. The Morgan fingerprint density at radius 3 is 2.32 bits per heavy atom. The zero-order valence-electron chi connectivity index (χ0n) is 15.4. The third kappa shape index (κ3) is 3.72. The predicted octanol–water partition coefficient (Wildman–Crippen LogP) is 4.01. The summed E-state index contributed by atoms with van der Waals surface area (Å²) in [7, 11) is -0.391. The number of hydrogen-bond acceptors (Lipinski definition) is 3. The van der Waals surface area contributed by atoms with Crippen molar-refractivity contribution in [1.29, 1.82) is 0 Å². The molecule has 1 heterocycles. The van der Waals surface area contributed by atoms with E-state index in [1.54, 1.807) is 19.1 Å². The molecule has 25 heavy (non-hydrogen) atoms. The van der Waals surface area contributed by atoms with E-state index in [9.17, 15) is 4.39 Å². The van der Waals surface area contributed by atoms with Gasteiger partial charge in [-0.25, -0.2) is 4.39 Å². The van der Waals surface area contributed by atoms with Crippen molar-refractivity contribution >= 4 is 12.6 Å². The summed E-state index contributed by atoms with van der Waals surface area (Å²) >= 11 is 0. The molecule has 0 N–H and O–H groups in total. The van der Waals surface area contributed by atoms with Crippen LogP contribution in [0, 0.1) is 12.7 Å². The number of rotatable bonds is 4. The van der Waals surface area contributed by atoms with Gasteiger partial charge in [-0.1, -0.05) is 24.3 Å². The van der Waals surface area contributed by atoms with Crippen molar-refractivity contribution < 1.29 is 18.4 Å². The Hall–Kier alpha value is -1.85. The van der Waals surface area contributed by atoms with Crippen molar-refractivity contribution in [1.82, 2.24) is 0 Å². The van der Waals surface area contributed by atoms with Gasteiger partial charge in [0, 0.05) is 0 Å². The highest BCUT2D eigenvalue weighted by Crippen LogP contribution is 2.36. The molecule has 1 aliphatic rings. The molecule has 1 saturated heterocycles. The van der Waals surface area contributed by atoms with Crippen molar-refractivity contribution in [2.45, 2.75) is 52.4 Å². The highest BCUT2D eigenvalue weighted by Gasteiger charge is 2.51. The second-order valence-corrected chi connectivity index (χ2v) is 7.53. The number of hydrogen-bond donors (Lipinski definition) is 0. The van der Waals surface area contributed by atoms with Crippen LogP contribution in [-0.4, -0.2) is 18.3 Å². The van der Waals surface area contributed by atoms with Gasteiger partial charge in [0.1, 0.15) is 18.2 Å². The monoisotopic (exact) mass is 342 g/mol. The minimum Gasteiger partial charge on any atom is -0.489 e. The summed E-state index contributed by atoms with van der Waals surface area (Å²) in [5, 5.41) is 0. The van der Waals surface area contributed by atoms with Crippen LogP contribution in [0.25, 0.3) is 0 Å². The Kier molecular flexibility index (Phi) is 4.65. The maximum absolute atomic E-state index is 13.3. The van der Waals surface area contributed by atoms with E-state index in [4.69, 9.17) is 14.0 Å². The Balaban J connectivity index is 1.71. The minimum atomic E-state index is -0.391. The Labute approximate surface area is 149 Å². The van der Waals surface area contributed by atoms with E-state index in [1.165, 1.54) is 6.07 Å². The van der Waals surface area contributed by atoms with Crippen LogP contribution in [0.1, 0.15) is 38.8 Å². The molecular weight excluding hydrogens is 318 g/mol. The molecule has 0 bridgehead atoms. The largest absolute Gasteiger partial charge is 0.494 e. The van der Waals surface area contributed by atoms with Gasteiger partial charge in [0.15, 0.2) is 0 Å². The molecular formula is C20H24BFO3. The van der Waals surface area contributed by atoms with Gasteiger partial charge in [0.2, 0.25) is 0 Å². The molecule has 2 aromatic carbocycles. The van der Waals surface area contributed by atoms with Gasteiger partial charge in [-0.15, -0.1) is 0 Å². The molecule has 0 aromatic heterocycles. The fraction of sp³-hybridized carbons (Fsp3) is 0.400. The topological polar surface area (TPSA) is 27.7 Å². The molecule has 0 aliphatic carbocycles. The average molecular weight is 342 g/mol. The zero-order valence-corrected chi connectivity index (χ0v) is 15.4. The lowest BCUT2D eigenvalue weighted by Gasteiger charge is -2.32. The molecule has 3 nitrogen and oxygen atoms in total. The van der Waals surface area contributed by atoms with Crippen LogP contribution in [0.3, 0.4) is 0 Å². The van der Waals surface area contributed by atoms with Crippen molar-refractivity contribution in [3.8, 4) is 5.75 Å². The van der Waals surface area contributed by atoms with Gasteiger partial charge in [-0.05, 0) is 69.4 Å². The summed E-state index contributed by atoms with van der Waals surface area (Å²) in [6, 6.07) is 12.7. The van der Waals surface area contributed by atoms with Crippen molar-refractivity contribution in [2.75, 3.05) is 0 Å². The quantitative estimate of drug-likeness (QED) is 0.786. The lowest BCUT2D eigenvalue weighted by Crippen LogP contribution is -2.41. The van der Waals surface area contributed by atoms with E-state index in [0.717, 1.165) is 11.0 Å². The fourth-order valence-corrected chi connectivity index (χ4v) is 2.68. The van der Waals surface area contributed by atoms with Crippen LogP contribution in [0.15, 0.2) is 42.5 Å². The van der Waals surface area contributed by atoms with E-state index < -0.39 is 7.12 Å². The Morgan fingerprint density at radius 1 is 1.00 bits per heavy atom. The van der Waals surface area contributed by atoms with Crippen LogP contribution in [0.5, 0.6) is 5.75 Å². The van der Waals surface area contributed by atoms with E-state index in [-0.39, 0.29) is 17.0 Å². The fourth-order valence-electron chi connectivity index (χ4n) is 2.68. The first-order valence-corrected chi connectivity index (χ1v) is 8.51. The van der Waals surface area contributed by atoms with Gasteiger partial charge >= 0.3 is 7.12 Å². The first-order valence-electron chi connectivity index (χ1n) is 8.51. The van der Waals surface area contributed by atoms with Gasteiger partial charge in [-0.3, -0.25) is 0 Å². The van der Waals surface area contributed by atoms with Gasteiger partial charge in [-0.2, -0.15) is 0 Å². The summed E-state index contributed by atoms with van der Waals surface area (Å²) in [6.07, 6.45) is 0. The summed E-state index contributed by atoms with van der Waals surface area (Å²) in [6.45, 7) is 10.3. The number of halogens is 1. The highest BCUT2D eigenvalue weighted by molar-refractivity contribution is 6.62. The van der Waals surface area contributed by atoms with E-state index in [0.29, 0.717) is 17.9 Å². The standard InChI is InChI=1S/C20H24BFO3/c1-14-11-17(9-10-18(14)22)23-13-15-7-6-8-16(12-15)21-24-19(2,3)20(4,5)25-21/h6-12H,13H2,1-5H3. The third-order valence-corrected chi connectivity index (χ3v) is 5.01. The number of ether oxygens (including phenoxy) is 1. The first-order chi connectivity index (χ1) is 11.7. The molecule has 1 fully saturated rings. The summed E-state index contributed by atoms with van der Waals surface area (Å²) < 4.78 is 31.3. The Morgan fingerprint density at radius 2 is 1.68 bits per heavy atom.